The largest absolute Gasteiger partial charge is 0.475 e. The van der Waals surface area contributed by atoms with Crippen LogP contribution in [-0.4, -0.2) is 48.1 Å². The van der Waals surface area contributed by atoms with Gasteiger partial charge in [-0.1, -0.05) is 0 Å². The SMILES string of the molecule is CC(C)N(C)CCCNC(=O)c1ccc(C(=O)O)o1. The third-order valence-electron chi connectivity index (χ3n) is 2.90. The first kappa shape index (κ1) is 15.2. The number of hydrogen-bond donors (Lipinski definition) is 2. The predicted octanol–water partition coefficient (Wildman–Crippen LogP) is 1.44. The fraction of sp³-hybridized carbons (Fsp3) is 0.538. The molecule has 1 rings (SSSR count). The summed E-state index contributed by atoms with van der Waals surface area (Å²) in [6, 6.07) is 3.10. The molecule has 0 aliphatic carbocycles. The van der Waals surface area contributed by atoms with Gasteiger partial charge in [0.15, 0.2) is 5.76 Å². The van der Waals surface area contributed by atoms with Gasteiger partial charge in [0.2, 0.25) is 5.76 Å². The Morgan fingerprint density at radius 3 is 2.53 bits per heavy atom. The van der Waals surface area contributed by atoms with E-state index in [4.69, 9.17) is 9.52 Å². The van der Waals surface area contributed by atoms with Gasteiger partial charge in [-0.3, -0.25) is 4.79 Å². The molecule has 0 atom stereocenters. The number of nitrogens with one attached hydrogen (secondary N) is 1. The molecule has 0 saturated carbocycles. The van der Waals surface area contributed by atoms with Crippen LogP contribution in [0.5, 0.6) is 0 Å². The summed E-state index contributed by atoms with van der Waals surface area (Å²) in [5, 5.41) is 11.4. The molecule has 19 heavy (non-hydrogen) atoms. The van der Waals surface area contributed by atoms with Gasteiger partial charge < -0.3 is 19.7 Å². The maximum absolute atomic E-state index is 11.6. The lowest BCUT2D eigenvalue weighted by atomic mass is 10.3. The molecule has 0 aliphatic heterocycles. The lowest BCUT2D eigenvalue weighted by Crippen LogP contribution is -2.31. The van der Waals surface area contributed by atoms with Crippen molar-refractivity contribution in [1.29, 1.82) is 0 Å². The molecule has 0 aliphatic rings. The molecule has 0 fully saturated rings. The Kier molecular flexibility index (Phi) is 5.57. The van der Waals surface area contributed by atoms with Crippen LogP contribution in [0.3, 0.4) is 0 Å². The normalized spacial score (nSPS) is 11.0. The molecule has 1 aromatic rings. The monoisotopic (exact) mass is 268 g/mol. The average molecular weight is 268 g/mol. The topological polar surface area (TPSA) is 82.8 Å². The minimum atomic E-state index is -1.18. The molecule has 6 nitrogen and oxygen atoms in total. The third kappa shape index (κ3) is 4.75. The zero-order valence-corrected chi connectivity index (χ0v) is 11.5. The highest BCUT2D eigenvalue weighted by Crippen LogP contribution is 2.07. The van der Waals surface area contributed by atoms with E-state index in [0.717, 1.165) is 13.0 Å². The summed E-state index contributed by atoms with van der Waals surface area (Å²) in [6.45, 7) is 5.62. The molecular weight excluding hydrogens is 248 g/mol. The first-order chi connectivity index (χ1) is 8.91. The van der Waals surface area contributed by atoms with Crippen LogP contribution in [0.25, 0.3) is 0 Å². The summed E-state index contributed by atoms with van der Waals surface area (Å²) in [5.74, 6) is -1.78. The van der Waals surface area contributed by atoms with Gasteiger partial charge >= 0.3 is 5.97 Å². The molecule has 1 amide bonds. The number of carbonyl (C=O) groups excluding carboxylic acids is 1. The molecule has 6 heteroatoms. The van der Waals surface area contributed by atoms with Crippen LogP contribution in [0.15, 0.2) is 16.5 Å². The quantitative estimate of drug-likeness (QED) is 0.731. The Morgan fingerprint density at radius 2 is 2.00 bits per heavy atom. The Morgan fingerprint density at radius 1 is 1.37 bits per heavy atom. The molecule has 0 saturated heterocycles. The van der Waals surface area contributed by atoms with Crippen molar-refractivity contribution >= 4 is 11.9 Å². The van der Waals surface area contributed by atoms with E-state index in [0.29, 0.717) is 12.6 Å². The predicted molar refractivity (Wildman–Crippen MR) is 70.4 cm³/mol. The van der Waals surface area contributed by atoms with Gasteiger partial charge in [0.25, 0.3) is 5.91 Å². The summed E-state index contributed by atoms with van der Waals surface area (Å²) < 4.78 is 4.90. The summed E-state index contributed by atoms with van der Waals surface area (Å²) in [7, 11) is 2.03. The van der Waals surface area contributed by atoms with Crippen molar-refractivity contribution < 1.29 is 19.1 Å². The lowest BCUT2D eigenvalue weighted by Gasteiger charge is -2.20. The summed E-state index contributed by atoms with van der Waals surface area (Å²) >= 11 is 0. The highest BCUT2D eigenvalue weighted by atomic mass is 16.4. The van der Waals surface area contributed by atoms with Gasteiger partial charge in [0, 0.05) is 12.6 Å². The van der Waals surface area contributed by atoms with E-state index in [-0.39, 0.29) is 17.4 Å². The maximum atomic E-state index is 11.6. The number of aromatic carboxylic acids is 1. The molecule has 0 aromatic carbocycles. The van der Waals surface area contributed by atoms with Crippen LogP contribution in [0.2, 0.25) is 0 Å². The summed E-state index contributed by atoms with van der Waals surface area (Å²) in [6.07, 6.45) is 0.826. The second-order valence-corrected chi connectivity index (χ2v) is 4.65. The van der Waals surface area contributed by atoms with Crippen molar-refractivity contribution in [2.45, 2.75) is 26.3 Å². The molecule has 0 unspecified atom stereocenters. The molecule has 1 heterocycles. The van der Waals surface area contributed by atoms with Crippen molar-refractivity contribution in [3.63, 3.8) is 0 Å². The van der Waals surface area contributed by atoms with Crippen LogP contribution >= 0.6 is 0 Å². The van der Waals surface area contributed by atoms with Gasteiger partial charge in [0.1, 0.15) is 0 Å². The van der Waals surface area contributed by atoms with Crippen molar-refractivity contribution in [2.24, 2.45) is 0 Å². The molecule has 2 N–H and O–H groups in total. The number of rotatable bonds is 7. The van der Waals surface area contributed by atoms with E-state index in [9.17, 15) is 9.59 Å². The smallest absolute Gasteiger partial charge is 0.371 e. The van der Waals surface area contributed by atoms with E-state index >= 15 is 0 Å². The molecule has 1 aromatic heterocycles. The van der Waals surface area contributed by atoms with Crippen molar-refractivity contribution in [2.75, 3.05) is 20.1 Å². The highest BCUT2D eigenvalue weighted by molar-refractivity contribution is 5.93. The fourth-order valence-electron chi connectivity index (χ4n) is 1.45. The van der Waals surface area contributed by atoms with E-state index in [2.05, 4.69) is 24.1 Å². The zero-order chi connectivity index (χ0) is 14.4. The number of furan rings is 1. The average Bonchev–Trinajstić information content (AvgIpc) is 2.83. The number of amides is 1. The maximum Gasteiger partial charge on any atom is 0.371 e. The first-order valence-corrected chi connectivity index (χ1v) is 6.23. The Hall–Kier alpha value is -1.82. The standard InChI is InChI=1S/C13H20N2O4/c1-9(2)15(3)8-4-7-14-12(16)10-5-6-11(19-10)13(17)18/h5-6,9H,4,7-8H2,1-3H3,(H,14,16)(H,17,18). The number of carbonyl (C=O) groups is 2. The summed E-state index contributed by atoms with van der Waals surface area (Å²) in [5.41, 5.74) is 0. The van der Waals surface area contributed by atoms with Crippen molar-refractivity contribution in [1.82, 2.24) is 10.2 Å². The lowest BCUT2D eigenvalue weighted by molar-refractivity contribution is 0.0659. The Balaban J connectivity index is 2.33. The van der Waals surface area contributed by atoms with Gasteiger partial charge in [-0.05, 0) is 46.0 Å². The zero-order valence-electron chi connectivity index (χ0n) is 11.5. The van der Waals surface area contributed by atoms with Crippen molar-refractivity contribution in [3.8, 4) is 0 Å². The molecule has 0 spiro atoms. The van der Waals surface area contributed by atoms with E-state index in [1.54, 1.807) is 0 Å². The van der Waals surface area contributed by atoms with Crippen LogP contribution in [0.4, 0.5) is 0 Å². The highest BCUT2D eigenvalue weighted by Gasteiger charge is 2.14. The minimum Gasteiger partial charge on any atom is -0.475 e. The van der Waals surface area contributed by atoms with E-state index < -0.39 is 5.97 Å². The van der Waals surface area contributed by atoms with Crippen LogP contribution in [0, 0.1) is 0 Å². The molecule has 106 valence electrons. The van der Waals surface area contributed by atoms with Gasteiger partial charge in [-0.25, -0.2) is 4.79 Å². The molecule has 0 radical (unpaired) electrons. The van der Waals surface area contributed by atoms with Crippen LogP contribution in [0.1, 0.15) is 41.4 Å². The third-order valence-corrected chi connectivity index (χ3v) is 2.90. The minimum absolute atomic E-state index is 0.0228. The first-order valence-electron chi connectivity index (χ1n) is 6.23. The molecule has 0 bridgehead atoms. The van der Waals surface area contributed by atoms with E-state index in [1.165, 1.54) is 12.1 Å². The number of carboxylic acid groups (broad SMARTS) is 1. The van der Waals surface area contributed by atoms with Gasteiger partial charge in [-0.15, -0.1) is 0 Å². The number of carboxylic acids is 1. The number of hydrogen-bond acceptors (Lipinski definition) is 4. The van der Waals surface area contributed by atoms with Crippen LogP contribution < -0.4 is 5.32 Å². The second-order valence-electron chi connectivity index (χ2n) is 4.65. The van der Waals surface area contributed by atoms with Crippen LogP contribution in [-0.2, 0) is 0 Å². The van der Waals surface area contributed by atoms with E-state index in [1.807, 2.05) is 7.05 Å². The summed E-state index contributed by atoms with van der Waals surface area (Å²) in [4.78, 5) is 24.4. The molecular formula is C13H20N2O4. The second kappa shape index (κ2) is 6.94. The Labute approximate surface area is 112 Å². The van der Waals surface area contributed by atoms with Crippen molar-refractivity contribution in [3.05, 3.63) is 23.7 Å². The van der Waals surface area contributed by atoms with Gasteiger partial charge in [-0.2, -0.15) is 0 Å². The Bertz CT molecular complexity index is 440. The number of nitrogens with zero attached hydrogens (tertiary/aromatic N) is 1. The van der Waals surface area contributed by atoms with Gasteiger partial charge in [0.05, 0.1) is 0 Å². The fourth-order valence-corrected chi connectivity index (χ4v) is 1.45.